The van der Waals surface area contributed by atoms with Crippen molar-refractivity contribution in [3.05, 3.63) is 89.5 Å². The van der Waals surface area contributed by atoms with Crippen LogP contribution in [0.3, 0.4) is 0 Å². The van der Waals surface area contributed by atoms with E-state index < -0.39 is 0 Å². The summed E-state index contributed by atoms with van der Waals surface area (Å²) in [5.41, 5.74) is 3.59. The maximum atomic E-state index is 12.1. The van der Waals surface area contributed by atoms with E-state index in [9.17, 15) is 4.79 Å². The summed E-state index contributed by atoms with van der Waals surface area (Å²) < 4.78 is 5.20. The molecular formula is C22H22O2. The molecule has 0 N–H and O–H groups in total. The van der Waals surface area contributed by atoms with Gasteiger partial charge in [0.05, 0.1) is 7.11 Å². The van der Waals surface area contributed by atoms with E-state index in [4.69, 9.17) is 4.74 Å². The van der Waals surface area contributed by atoms with E-state index in [-0.39, 0.29) is 11.7 Å². The largest absolute Gasteiger partial charge is 0.497 e. The zero-order chi connectivity index (χ0) is 16.8. The van der Waals surface area contributed by atoms with Gasteiger partial charge in [-0.15, -0.1) is 0 Å². The van der Waals surface area contributed by atoms with Gasteiger partial charge in [-0.2, -0.15) is 0 Å². The average molecular weight is 318 g/mol. The van der Waals surface area contributed by atoms with Crippen molar-refractivity contribution in [2.75, 3.05) is 7.11 Å². The van der Waals surface area contributed by atoms with Crippen LogP contribution in [0.25, 0.3) is 0 Å². The molecular weight excluding hydrogens is 296 g/mol. The molecule has 1 aliphatic carbocycles. The summed E-state index contributed by atoms with van der Waals surface area (Å²) in [7, 11) is 1.66. The van der Waals surface area contributed by atoms with Crippen molar-refractivity contribution in [1.29, 1.82) is 0 Å². The minimum Gasteiger partial charge on any atom is -0.497 e. The monoisotopic (exact) mass is 318 g/mol. The summed E-state index contributed by atoms with van der Waals surface area (Å²) in [4.78, 5) is 12.1. The van der Waals surface area contributed by atoms with Crippen LogP contribution in [0, 0.1) is 0 Å². The summed E-state index contributed by atoms with van der Waals surface area (Å²) in [5.74, 6) is 1.31. The fraction of sp³-hybridized carbons (Fsp3) is 0.227. The second-order valence-electron chi connectivity index (χ2n) is 6.16. The molecule has 2 aromatic rings. The fourth-order valence-electron chi connectivity index (χ4n) is 3.11. The van der Waals surface area contributed by atoms with Crippen molar-refractivity contribution in [1.82, 2.24) is 0 Å². The van der Waals surface area contributed by atoms with Gasteiger partial charge < -0.3 is 4.74 Å². The third kappa shape index (κ3) is 4.23. The van der Waals surface area contributed by atoms with Crippen LogP contribution >= 0.6 is 0 Å². The Kier molecular flexibility index (Phi) is 5.27. The van der Waals surface area contributed by atoms with E-state index in [1.807, 2.05) is 30.3 Å². The number of carbonyl (C=O) groups is 1. The number of methoxy groups -OCH3 is 1. The average Bonchev–Trinajstić information content (AvgIpc) is 2.62. The van der Waals surface area contributed by atoms with Crippen LogP contribution in [-0.4, -0.2) is 12.9 Å². The predicted octanol–water partition coefficient (Wildman–Crippen LogP) is 4.87. The molecule has 0 aliphatic heterocycles. The van der Waals surface area contributed by atoms with Gasteiger partial charge in [0.25, 0.3) is 0 Å². The summed E-state index contributed by atoms with van der Waals surface area (Å²) >= 11 is 0. The highest BCUT2D eigenvalue weighted by Gasteiger charge is 2.21. The molecule has 0 saturated carbocycles. The molecule has 0 spiro atoms. The van der Waals surface area contributed by atoms with Gasteiger partial charge in [-0.1, -0.05) is 54.6 Å². The quantitative estimate of drug-likeness (QED) is 0.786. The van der Waals surface area contributed by atoms with Crippen LogP contribution in [0.4, 0.5) is 0 Å². The summed E-state index contributed by atoms with van der Waals surface area (Å²) in [6, 6.07) is 18.4. The van der Waals surface area contributed by atoms with Crippen LogP contribution in [0.2, 0.25) is 0 Å². The Hall–Kier alpha value is -2.61. The van der Waals surface area contributed by atoms with Crippen LogP contribution in [0.15, 0.2) is 78.4 Å². The summed E-state index contributed by atoms with van der Waals surface area (Å²) in [6.07, 6.45) is 8.41. The van der Waals surface area contributed by atoms with Crippen LogP contribution in [-0.2, 0) is 11.2 Å². The van der Waals surface area contributed by atoms with E-state index in [1.165, 1.54) is 11.1 Å². The van der Waals surface area contributed by atoms with E-state index in [0.717, 1.165) is 24.2 Å². The smallest absolute Gasteiger partial charge is 0.156 e. The number of ether oxygens (including phenoxy) is 1. The SMILES string of the molecule is COc1ccc([C@H]2CC(=O)C=C(/C=C/Cc3ccccc3)C2)cc1. The van der Waals surface area contributed by atoms with Crippen LogP contribution in [0.5, 0.6) is 5.75 Å². The highest BCUT2D eigenvalue weighted by Crippen LogP contribution is 2.32. The summed E-state index contributed by atoms with van der Waals surface area (Å²) in [5, 5.41) is 0. The zero-order valence-electron chi connectivity index (χ0n) is 13.9. The summed E-state index contributed by atoms with van der Waals surface area (Å²) in [6.45, 7) is 0. The third-order valence-electron chi connectivity index (χ3n) is 4.39. The van der Waals surface area contributed by atoms with Crippen LogP contribution < -0.4 is 4.74 Å². The zero-order valence-corrected chi connectivity index (χ0v) is 13.9. The first-order valence-corrected chi connectivity index (χ1v) is 8.32. The topological polar surface area (TPSA) is 26.3 Å². The Labute approximate surface area is 143 Å². The Morgan fingerprint density at radius 2 is 1.79 bits per heavy atom. The van der Waals surface area contributed by atoms with Crippen molar-refractivity contribution in [2.45, 2.75) is 25.2 Å². The second kappa shape index (κ2) is 7.78. The van der Waals surface area contributed by atoms with E-state index in [0.29, 0.717) is 6.42 Å². The molecule has 0 fully saturated rings. The van der Waals surface area contributed by atoms with Crippen molar-refractivity contribution in [3.8, 4) is 5.75 Å². The first-order chi connectivity index (χ1) is 11.7. The van der Waals surface area contributed by atoms with Gasteiger partial charge in [-0.3, -0.25) is 4.79 Å². The molecule has 0 unspecified atom stereocenters. The fourth-order valence-corrected chi connectivity index (χ4v) is 3.11. The lowest BCUT2D eigenvalue weighted by atomic mass is 9.83. The molecule has 3 rings (SSSR count). The number of ketones is 1. The Balaban J connectivity index is 1.67. The molecule has 0 heterocycles. The molecule has 1 atom stereocenters. The van der Waals surface area contributed by atoms with Gasteiger partial charge >= 0.3 is 0 Å². The molecule has 2 heteroatoms. The highest BCUT2D eigenvalue weighted by molar-refractivity contribution is 5.92. The Bertz CT molecular complexity index is 739. The van der Waals surface area contributed by atoms with Gasteiger partial charge in [-0.05, 0) is 53.7 Å². The van der Waals surface area contributed by atoms with Gasteiger partial charge in [0, 0.05) is 6.42 Å². The highest BCUT2D eigenvalue weighted by atomic mass is 16.5. The van der Waals surface area contributed by atoms with E-state index in [1.54, 1.807) is 13.2 Å². The normalized spacial score (nSPS) is 17.8. The molecule has 0 aromatic heterocycles. The lowest BCUT2D eigenvalue weighted by Gasteiger charge is -2.21. The number of hydrogen-bond donors (Lipinski definition) is 0. The second-order valence-corrected chi connectivity index (χ2v) is 6.16. The molecule has 24 heavy (non-hydrogen) atoms. The van der Waals surface area contributed by atoms with Crippen molar-refractivity contribution in [2.24, 2.45) is 0 Å². The number of rotatable bonds is 5. The van der Waals surface area contributed by atoms with Crippen molar-refractivity contribution in [3.63, 3.8) is 0 Å². The molecule has 0 bridgehead atoms. The molecule has 122 valence electrons. The minimum absolute atomic E-state index is 0.210. The minimum atomic E-state index is 0.210. The molecule has 0 saturated heterocycles. The number of allylic oxidation sites excluding steroid dienone is 4. The molecule has 2 nitrogen and oxygen atoms in total. The van der Waals surface area contributed by atoms with Gasteiger partial charge in [-0.25, -0.2) is 0 Å². The van der Waals surface area contributed by atoms with E-state index in [2.05, 4.69) is 36.4 Å². The maximum Gasteiger partial charge on any atom is 0.156 e. The Morgan fingerprint density at radius 1 is 1.04 bits per heavy atom. The number of hydrogen-bond acceptors (Lipinski definition) is 2. The lowest BCUT2D eigenvalue weighted by Crippen LogP contribution is -2.12. The number of carbonyl (C=O) groups excluding carboxylic acids is 1. The number of benzene rings is 2. The first kappa shape index (κ1) is 16.3. The molecule has 2 aromatic carbocycles. The Morgan fingerprint density at radius 3 is 2.50 bits per heavy atom. The predicted molar refractivity (Wildman–Crippen MR) is 97.3 cm³/mol. The first-order valence-electron chi connectivity index (χ1n) is 8.32. The van der Waals surface area contributed by atoms with Gasteiger partial charge in [0.2, 0.25) is 0 Å². The third-order valence-corrected chi connectivity index (χ3v) is 4.39. The lowest BCUT2D eigenvalue weighted by molar-refractivity contribution is -0.115. The van der Waals surface area contributed by atoms with Crippen LogP contribution in [0.1, 0.15) is 29.9 Å². The van der Waals surface area contributed by atoms with Crippen molar-refractivity contribution < 1.29 is 9.53 Å². The van der Waals surface area contributed by atoms with E-state index >= 15 is 0 Å². The molecule has 0 radical (unpaired) electrons. The maximum absolute atomic E-state index is 12.1. The van der Waals surface area contributed by atoms with Crippen molar-refractivity contribution >= 4 is 5.78 Å². The van der Waals surface area contributed by atoms with Gasteiger partial charge in [0.1, 0.15) is 5.75 Å². The molecule has 0 amide bonds. The standard InChI is InChI=1S/C22H22O2/c1-24-22-12-10-19(11-13-22)20-14-18(15-21(23)16-20)9-5-8-17-6-3-2-4-7-17/h2-7,9-13,15,20H,8,14,16H2,1H3/b9-5+/t20-/m1/s1. The van der Waals surface area contributed by atoms with Gasteiger partial charge in [0.15, 0.2) is 5.78 Å². The molecule has 1 aliphatic rings.